The fraction of sp³-hybridized carbons (Fsp3) is 0.350. The van der Waals surface area contributed by atoms with Crippen LogP contribution < -0.4 is 5.32 Å². The van der Waals surface area contributed by atoms with Crippen molar-refractivity contribution in [2.45, 2.75) is 31.8 Å². The molecule has 0 aliphatic carbocycles. The van der Waals surface area contributed by atoms with Gasteiger partial charge < -0.3 is 10.2 Å². The van der Waals surface area contributed by atoms with Crippen molar-refractivity contribution >= 4 is 29.2 Å². The number of halogens is 1. The number of thiophene rings is 1. The number of carbonyl (C=O) groups excluding carboxylic acids is 3. The number of hydrogen-bond acceptors (Lipinski definition) is 4. The van der Waals surface area contributed by atoms with Crippen LogP contribution in [0.3, 0.4) is 0 Å². The molecule has 2 atom stereocenters. The standard InChI is InChI=1S/C20H20FN3O3S/c1-12-15-8-10-28-16(15)7-9-23(12)17(25)11-24-18(26)20(2,22-19(24)27)13-3-5-14(21)6-4-13/h3-6,8,10,12H,7,9,11H2,1-2H3,(H,22,27)/t12-,20+/m0/s1. The molecule has 146 valence electrons. The Kier molecular flexibility index (Phi) is 4.45. The van der Waals surface area contributed by atoms with Crippen LogP contribution in [0.2, 0.25) is 0 Å². The van der Waals surface area contributed by atoms with Gasteiger partial charge in [-0.15, -0.1) is 11.3 Å². The van der Waals surface area contributed by atoms with E-state index < -0.39 is 23.3 Å². The van der Waals surface area contributed by atoms with Crippen molar-refractivity contribution in [2.75, 3.05) is 13.1 Å². The monoisotopic (exact) mass is 401 g/mol. The van der Waals surface area contributed by atoms with Crippen LogP contribution in [0.15, 0.2) is 35.7 Å². The minimum absolute atomic E-state index is 0.0910. The zero-order valence-corrected chi connectivity index (χ0v) is 16.4. The highest BCUT2D eigenvalue weighted by atomic mass is 32.1. The van der Waals surface area contributed by atoms with E-state index in [-0.39, 0.29) is 18.5 Å². The number of amides is 4. The van der Waals surface area contributed by atoms with E-state index in [1.165, 1.54) is 29.1 Å². The van der Waals surface area contributed by atoms with E-state index in [2.05, 4.69) is 5.32 Å². The third-order valence-corrected chi connectivity index (χ3v) is 6.58. The maximum absolute atomic E-state index is 13.2. The number of nitrogens with one attached hydrogen (secondary N) is 1. The van der Waals surface area contributed by atoms with Crippen LogP contribution in [0, 0.1) is 5.82 Å². The van der Waals surface area contributed by atoms with E-state index in [1.807, 2.05) is 18.4 Å². The van der Waals surface area contributed by atoms with Gasteiger partial charge >= 0.3 is 6.03 Å². The molecule has 1 aromatic heterocycles. The fourth-order valence-corrected chi connectivity index (χ4v) is 4.86. The van der Waals surface area contributed by atoms with Crippen LogP contribution in [-0.4, -0.2) is 40.7 Å². The Hall–Kier alpha value is -2.74. The van der Waals surface area contributed by atoms with Gasteiger partial charge in [0.05, 0.1) is 6.04 Å². The summed E-state index contributed by atoms with van der Waals surface area (Å²) in [5.74, 6) is -1.21. The molecule has 2 aromatic rings. The number of carbonyl (C=O) groups is 3. The highest BCUT2D eigenvalue weighted by molar-refractivity contribution is 7.10. The van der Waals surface area contributed by atoms with E-state index in [1.54, 1.807) is 23.2 Å². The summed E-state index contributed by atoms with van der Waals surface area (Å²) in [6.07, 6.45) is 0.774. The molecule has 2 aliphatic rings. The summed E-state index contributed by atoms with van der Waals surface area (Å²) in [6.45, 7) is 3.76. The zero-order valence-electron chi connectivity index (χ0n) is 15.6. The largest absolute Gasteiger partial charge is 0.334 e. The van der Waals surface area contributed by atoms with Gasteiger partial charge in [-0.1, -0.05) is 12.1 Å². The SMILES string of the molecule is C[C@H]1c2ccsc2CCN1C(=O)CN1C(=O)N[C@](C)(c2ccc(F)cc2)C1=O. The lowest BCUT2D eigenvalue weighted by molar-refractivity contribution is -0.140. The number of imide groups is 1. The fourth-order valence-electron chi connectivity index (χ4n) is 3.90. The van der Waals surface area contributed by atoms with Crippen LogP contribution in [-0.2, 0) is 21.5 Å². The second-order valence-corrected chi connectivity index (χ2v) is 8.27. The highest BCUT2D eigenvalue weighted by Gasteiger charge is 2.50. The number of hydrogen-bond donors (Lipinski definition) is 1. The van der Waals surface area contributed by atoms with Crippen molar-refractivity contribution < 1.29 is 18.8 Å². The molecule has 8 heteroatoms. The van der Waals surface area contributed by atoms with Gasteiger partial charge in [0.2, 0.25) is 5.91 Å². The third kappa shape index (κ3) is 2.88. The zero-order chi connectivity index (χ0) is 20.1. The summed E-state index contributed by atoms with van der Waals surface area (Å²) >= 11 is 1.68. The Morgan fingerprint density at radius 3 is 2.71 bits per heavy atom. The molecule has 0 radical (unpaired) electrons. The van der Waals surface area contributed by atoms with Crippen LogP contribution in [0.4, 0.5) is 9.18 Å². The summed E-state index contributed by atoms with van der Waals surface area (Å²) < 4.78 is 13.2. The molecular formula is C20H20FN3O3S. The van der Waals surface area contributed by atoms with Gasteiger partial charge in [-0.3, -0.25) is 14.5 Å². The smallest absolute Gasteiger partial charge is 0.325 e. The van der Waals surface area contributed by atoms with Crippen molar-refractivity contribution in [3.8, 4) is 0 Å². The second-order valence-electron chi connectivity index (χ2n) is 7.27. The molecule has 3 heterocycles. The van der Waals surface area contributed by atoms with Crippen molar-refractivity contribution in [1.29, 1.82) is 0 Å². The topological polar surface area (TPSA) is 69.7 Å². The lowest BCUT2D eigenvalue weighted by Gasteiger charge is -2.34. The number of nitrogens with zero attached hydrogens (tertiary/aromatic N) is 2. The lowest BCUT2D eigenvalue weighted by Crippen LogP contribution is -2.46. The summed E-state index contributed by atoms with van der Waals surface area (Å²) in [4.78, 5) is 42.2. The molecule has 28 heavy (non-hydrogen) atoms. The Morgan fingerprint density at radius 2 is 2.00 bits per heavy atom. The molecule has 4 amide bonds. The van der Waals surface area contributed by atoms with Crippen LogP contribution in [0.25, 0.3) is 0 Å². The quantitative estimate of drug-likeness (QED) is 0.804. The molecular weight excluding hydrogens is 381 g/mol. The Morgan fingerprint density at radius 1 is 1.29 bits per heavy atom. The molecule has 0 saturated carbocycles. The first-order chi connectivity index (χ1) is 13.3. The van der Waals surface area contributed by atoms with E-state index >= 15 is 0 Å². The Balaban J connectivity index is 1.52. The van der Waals surface area contributed by atoms with Crippen molar-refractivity contribution in [1.82, 2.24) is 15.1 Å². The van der Waals surface area contributed by atoms with Gasteiger partial charge in [-0.25, -0.2) is 9.18 Å². The van der Waals surface area contributed by atoms with E-state index in [9.17, 15) is 18.8 Å². The van der Waals surface area contributed by atoms with Crippen LogP contribution in [0.1, 0.15) is 35.9 Å². The van der Waals surface area contributed by atoms with Gasteiger partial charge in [0.25, 0.3) is 5.91 Å². The molecule has 2 aliphatic heterocycles. The van der Waals surface area contributed by atoms with E-state index in [4.69, 9.17) is 0 Å². The predicted molar refractivity (Wildman–Crippen MR) is 102 cm³/mol. The first-order valence-electron chi connectivity index (χ1n) is 9.07. The molecule has 1 N–H and O–H groups in total. The Labute approximate surface area is 165 Å². The van der Waals surface area contributed by atoms with Crippen LogP contribution in [0.5, 0.6) is 0 Å². The van der Waals surface area contributed by atoms with Crippen molar-refractivity contribution in [2.24, 2.45) is 0 Å². The molecule has 0 unspecified atom stereocenters. The molecule has 0 bridgehead atoms. The lowest BCUT2D eigenvalue weighted by atomic mass is 9.92. The normalized spacial score (nSPS) is 24.3. The molecule has 1 saturated heterocycles. The van der Waals surface area contributed by atoms with Crippen molar-refractivity contribution in [3.63, 3.8) is 0 Å². The number of rotatable bonds is 3. The number of urea groups is 1. The first-order valence-corrected chi connectivity index (χ1v) is 9.95. The Bertz CT molecular complexity index is 958. The number of fused-ring (bicyclic) bond motifs is 1. The molecule has 1 aromatic carbocycles. The molecule has 4 rings (SSSR count). The summed E-state index contributed by atoms with van der Waals surface area (Å²) in [5, 5.41) is 4.66. The van der Waals surface area contributed by atoms with Gasteiger partial charge in [-0.05, 0) is 55.0 Å². The highest BCUT2D eigenvalue weighted by Crippen LogP contribution is 2.34. The van der Waals surface area contributed by atoms with E-state index in [0.29, 0.717) is 12.1 Å². The number of benzene rings is 1. The average molecular weight is 401 g/mol. The van der Waals surface area contributed by atoms with Crippen LogP contribution >= 0.6 is 11.3 Å². The van der Waals surface area contributed by atoms with Crippen molar-refractivity contribution in [3.05, 3.63) is 57.5 Å². The summed E-state index contributed by atoms with van der Waals surface area (Å²) in [5.41, 5.74) is 0.272. The average Bonchev–Trinajstić information content (AvgIpc) is 3.22. The van der Waals surface area contributed by atoms with Gasteiger partial charge in [0.15, 0.2) is 0 Å². The van der Waals surface area contributed by atoms with Gasteiger partial charge in [0, 0.05) is 11.4 Å². The predicted octanol–water partition coefficient (Wildman–Crippen LogP) is 2.80. The maximum atomic E-state index is 13.2. The molecule has 6 nitrogen and oxygen atoms in total. The summed E-state index contributed by atoms with van der Waals surface area (Å²) in [6, 6.07) is 6.71. The summed E-state index contributed by atoms with van der Waals surface area (Å²) in [7, 11) is 0. The third-order valence-electron chi connectivity index (χ3n) is 5.59. The maximum Gasteiger partial charge on any atom is 0.325 e. The second kappa shape index (κ2) is 6.70. The first kappa shape index (κ1) is 18.6. The minimum Gasteiger partial charge on any atom is -0.334 e. The molecule has 0 spiro atoms. The van der Waals surface area contributed by atoms with Gasteiger partial charge in [-0.2, -0.15) is 0 Å². The minimum atomic E-state index is -1.32. The van der Waals surface area contributed by atoms with Gasteiger partial charge in [0.1, 0.15) is 17.9 Å². The van der Waals surface area contributed by atoms with E-state index in [0.717, 1.165) is 16.9 Å². The molecule has 1 fully saturated rings.